The highest BCUT2D eigenvalue weighted by molar-refractivity contribution is 5.86. The molecule has 3 aromatic rings. The van der Waals surface area contributed by atoms with Gasteiger partial charge >= 0.3 is 6.09 Å². The Morgan fingerprint density at radius 1 is 0.977 bits per heavy atom. The molecule has 2 aromatic carbocycles. The molecule has 1 saturated heterocycles. The Labute approximate surface area is 256 Å². The molecule has 0 spiro atoms. The van der Waals surface area contributed by atoms with E-state index in [0.717, 1.165) is 30.0 Å². The fourth-order valence-electron chi connectivity index (χ4n) is 5.43. The minimum absolute atomic E-state index is 0.171. The monoisotopic (exact) mass is 589 g/mol. The highest BCUT2D eigenvalue weighted by atomic mass is 16.6. The number of methoxy groups -OCH3 is 1. The van der Waals surface area contributed by atoms with Crippen molar-refractivity contribution in [2.75, 3.05) is 43.6 Å². The predicted octanol–water partition coefficient (Wildman–Crippen LogP) is 7.31. The van der Waals surface area contributed by atoms with Gasteiger partial charge in [0.1, 0.15) is 23.4 Å². The maximum atomic E-state index is 13.6. The molecule has 9 heteroatoms. The highest BCUT2D eigenvalue weighted by Gasteiger charge is 2.27. The number of ether oxygens (including phenoxy) is 3. The number of piperidine rings is 1. The molecule has 1 N–H and O–H groups in total. The molecule has 232 valence electrons. The lowest BCUT2D eigenvalue weighted by Gasteiger charge is -2.29. The minimum Gasteiger partial charge on any atom is -0.497 e. The smallest absolute Gasteiger partial charge is 0.416 e. The van der Waals surface area contributed by atoms with Crippen molar-refractivity contribution in [2.24, 2.45) is 11.8 Å². The maximum absolute atomic E-state index is 13.6. The Morgan fingerprint density at radius 2 is 1.72 bits per heavy atom. The molecule has 4 rings (SSSR count). The number of anilines is 3. The molecule has 1 aliphatic rings. The third-order valence-electron chi connectivity index (χ3n) is 7.59. The van der Waals surface area contributed by atoms with E-state index in [2.05, 4.69) is 42.9 Å². The summed E-state index contributed by atoms with van der Waals surface area (Å²) in [5.74, 6) is 2.64. The zero-order valence-electron chi connectivity index (χ0n) is 26.3. The number of carbonyl (C=O) groups excluding carboxylic acids is 1. The summed E-state index contributed by atoms with van der Waals surface area (Å²) in [4.78, 5) is 26.8. The molecular formula is C34H47N5O4. The summed E-state index contributed by atoms with van der Waals surface area (Å²) in [7, 11) is 1.62. The van der Waals surface area contributed by atoms with Gasteiger partial charge in [0.2, 0.25) is 5.95 Å². The molecule has 0 aliphatic carbocycles. The molecule has 1 aromatic heterocycles. The van der Waals surface area contributed by atoms with Crippen LogP contribution in [0, 0.1) is 11.8 Å². The second kappa shape index (κ2) is 16.1. The Hall–Kier alpha value is -3.85. The molecule has 43 heavy (non-hydrogen) atoms. The summed E-state index contributed by atoms with van der Waals surface area (Å²) in [6, 6.07) is 17.1. The SMILES string of the molecule is COc1cccc(CN(C(=O)OC(C(C)C)C(C)C)c2ccnc(Nc3cccc(OCCCN4CCCCC4)c3)n2)c1. The van der Waals surface area contributed by atoms with Crippen LogP contribution >= 0.6 is 0 Å². The van der Waals surface area contributed by atoms with Crippen molar-refractivity contribution in [3.8, 4) is 11.5 Å². The van der Waals surface area contributed by atoms with Gasteiger partial charge in [-0.25, -0.2) is 9.78 Å². The first-order valence-corrected chi connectivity index (χ1v) is 15.5. The minimum atomic E-state index is -0.458. The van der Waals surface area contributed by atoms with E-state index in [1.54, 1.807) is 24.3 Å². The highest BCUT2D eigenvalue weighted by Crippen LogP contribution is 2.25. The van der Waals surface area contributed by atoms with Crippen molar-refractivity contribution in [3.63, 3.8) is 0 Å². The van der Waals surface area contributed by atoms with Crippen LogP contribution in [0.4, 0.5) is 22.2 Å². The topological polar surface area (TPSA) is 89.0 Å². The van der Waals surface area contributed by atoms with Gasteiger partial charge < -0.3 is 24.4 Å². The lowest BCUT2D eigenvalue weighted by atomic mass is 9.96. The third-order valence-corrected chi connectivity index (χ3v) is 7.59. The van der Waals surface area contributed by atoms with Crippen LogP contribution in [0.25, 0.3) is 0 Å². The second-order valence-electron chi connectivity index (χ2n) is 11.8. The van der Waals surface area contributed by atoms with Crippen molar-refractivity contribution < 1.29 is 19.0 Å². The number of likely N-dealkylation sites (tertiary alicyclic amines) is 1. The molecule has 1 aliphatic heterocycles. The largest absolute Gasteiger partial charge is 0.497 e. The number of aromatic nitrogens is 2. The summed E-state index contributed by atoms with van der Waals surface area (Å²) < 4.78 is 17.5. The lowest BCUT2D eigenvalue weighted by Crippen LogP contribution is -2.38. The van der Waals surface area contributed by atoms with Gasteiger partial charge in [0.15, 0.2) is 0 Å². The van der Waals surface area contributed by atoms with Gasteiger partial charge in [-0.15, -0.1) is 0 Å². The zero-order valence-corrected chi connectivity index (χ0v) is 26.3. The standard InChI is InChI=1S/C34H47N5O4/c1-25(2)32(26(3)4)43-34(40)39(24-27-12-9-14-29(22-27)41-5)31-16-17-35-33(37-31)36-28-13-10-15-30(23-28)42-21-11-20-38-18-7-6-8-19-38/h9-10,12-17,22-23,25-26,32H,6-8,11,18-21,24H2,1-5H3,(H,35,36,37). The number of benzene rings is 2. The summed E-state index contributed by atoms with van der Waals surface area (Å²) in [5, 5.41) is 3.27. The Balaban J connectivity index is 1.46. The van der Waals surface area contributed by atoms with Gasteiger partial charge in [0, 0.05) is 24.5 Å². The maximum Gasteiger partial charge on any atom is 0.416 e. The third kappa shape index (κ3) is 9.85. The summed E-state index contributed by atoms with van der Waals surface area (Å²) in [5.41, 5.74) is 1.69. The van der Waals surface area contributed by atoms with E-state index in [1.807, 2.05) is 48.5 Å². The van der Waals surface area contributed by atoms with Crippen LogP contribution in [-0.4, -0.2) is 60.4 Å². The van der Waals surface area contributed by atoms with E-state index in [1.165, 1.54) is 32.4 Å². The number of hydrogen-bond donors (Lipinski definition) is 1. The van der Waals surface area contributed by atoms with Crippen LogP contribution in [0.1, 0.15) is 58.9 Å². The van der Waals surface area contributed by atoms with Gasteiger partial charge in [-0.1, -0.05) is 52.3 Å². The van der Waals surface area contributed by atoms with Crippen LogP contribution in [0.2, 0.25) is 0 Å². The van der Waals surface area contributed by atoms with Crippen molar-refractivity contribution in [1.82, 2.24) is 14.9 Å². The molecule has 0 saturated carbocycles. The zero-order chi connectivity index (χ0) is 30.6. The molecule has 9 nitrogen and oxygen atoms in total. The van der Waals surface area contributed by atoms with Crippen molar-refractivity contribution >= 4 is 23.5 Å². The van der Waals surface area contributed by atoms with Gasteiger partial charge in [0.25, 0.3) is 0 Å². The van der Waals surface area contributed by atoms with Crippen molar-refractivity contribution in [3.05, 3.63) is 66.4 Å². The molecule has 0 unspecified atom stereocenters. The lowest BCUT2D eigenvalue weighted by molar-refractivity contribution is 0.0466. The summed E-state index contributed by atoms with van der Waals surface area (Å²) in [6.07, 6.45) is 5.89. The Morgan fingerprint density at radius 3 is 2.47 bits per heavy atom. The number of carbonyl (C=O) groups is 1. The quantitative estimate of drug-likeness (QED) is 0.196. The van der Waals surface area contributed by atoms with Crippen molar-refractivity contribution in [2.45, 2.75) is 66.0 Å². The molecule has 1 amide bonds. The molecule has 1 fully saturated rings. The first-order valence-electron chi connectivity index (χ1n) is 15.5. The Bertz CT molecular complexity index is 1290. The number of rotatable bonds is 14. The number of amides is 1. The van der Waals surface area contributed by atoms with E-state index in [-0.39, 0.29) is 24.5 Å². The van der Waals surface area contributed by atoms with Gasteiger partial charge in [-0.3, -0.25) is 4.90 Å². The normalized spacial score (nSPS) is 13.8. The Kier molecular flexibility index (Phi) is 12.0. The van der Waals surface area contributed by atoms with Gasteiger partial charge in [0.05, 0.1) is 20.3 Å². The summed E-state index contributed by atoms with van der Waals surface area (Å²) in [6.45, 7) is 12.6. The molecule has 2 heterocycles. The molecular weight excluding hydrogens is 542 g/mol. The number of hydrogen-bond acceptors (Lipinski definition) is 8. The summed E-state index contributed by atoms with van der Waals surface area (Å²) >= 11 is 0. The first kappa shape index (κ1) is 32.1. The average Bonchev–Trinajstić information content (AvgIpc) is 3.01. The first-order chi connectivity index (χ1) is 20.8. The van der Waals surface area contributed by atoms with Crippen molar-refractivity contribution in [1.29, 1.82) is 0 Å². The van der Waals surface area contributed by atoms with Crippen LogP contribution in [0.5, 0.6) is 11.5 Å². The molecule has 0 radical (unpaired) electrons. The molecule has 0 bridgehead atoms. The fourth-order valence-corrected chi connectivity index (χ4v) is 5.43. The average molecular weight is 590 g/mol. The number of nitrogens with zero attached hydrogens (tertiary/aromatic N) is 4. The van der Waals surface area contributed by atoms with Crippen LogP contribution in [0.15, 0.2) is 60.8 Å². The van der Waals surface area contributed by atoms with Gasteiger partial charge in [-0.2, -0.15) is 4.98 Å². The van der Waals surface area contributed by atoms with E-state index in [9.17, 15) is 4.79 Å². The second-order valence-corrected chi connectivity index (χ2v) is 11.8. The fraction of sp³-hybridized carbons (Fsp3) is 0.500. The van der Waals surface area contributed by atoms with E-state index in [0.29, 0.717) is 24.1 Å². The van der Waals surface area contributed by atoms with E-state index >= 15 is 0 Å². The van der Waals surface area contributed by atoms with Crippen LogP contribution in [0.3, 0.4) is 0 Å². The van der Waals surface area contributed by atoms with E-state index in [4.69, 9.17) is 19.2 Å². The number of nitrogens with one attached hydrogen (secondary N) is 1. The van der Waals surface area contributed by atoms with E-state index < -0.39 is 6.09 Å². The van der Waals surface area contributed by atoms with Crippen LogP contribution < -0.4 is 19.7 Å². The molecule has 0 atom stereocenters. The van der Waals surface area contributed by atoms with Crippen LogP contribution in [-0.2, 0) is 11.3 Å². The van der Waals surface area contributed by atoms with Gasteiger partial charge in [-0.05, 0) is 80.1 Å². The predicted molar refractivity (Wildman–Crippen MR) is 171 cm³/mol.